The maximum atomic E-state index is 5.45. The first kappa shape index (κ1) is 12.5. The van der Waals surface area contributed by atoms with Crippen LogP contribution in [-0.4, -0.2) is 42.1 Å². The number of alkyl halides is 1. The number of halogens is 1. The Morgan fingerprint density at radius 2 is 2.14 bits per heavy atom. The van der Waals surface area contributed by atoms with E-state index in [1.54, 1.807) is 7.11 Å². The third kappa shape index (κ3) is 3.52. The highest BCUT2D eigenvalue weighted by Crippen LogP contribution is 2.24. The summed E-state index contributed by atoms with van der Waals surface area (Å²) in [5, 5.41) is 0. The molecule has 84 valence electrons. The summed E-state index contributed by atoms with van der Waals surface area (Å²) in [6, 6.07) is 0. The molecule has 0 aromatic rings. The smallest absolute Gasteiger partial charge is 0.0749 e. The van der Waals surface area contributed by atoms with Crippen molar-refractivity contribution in [1.29, 1.82) is 0 Å². The zero-order chi connectivity index (χ0) is 10.8. The van der Waals surface area contributed by atoms with Crippen LogP contribution >= 0.6 is 15.9 Å². The monoisotopic (exact) mass is 263 g/mol. The van der Waals surface area contributed by atoms with Crippen LogP contribution in [0, 0.1) is 5.92 Å². The molecule has 2 unspecified atom stereocenters. The lowest BCUT2D eigenvalue weighted by Crippen LogP contribution is -2.47. The molecular weight excluding hydrogens is 242 g/mol. The van der Waals surface area contributed by atoms with E-state index < -0.39 is 0 Å². The Bertz CT molecular complexity index is 184. The van der Waals surface area contributed by atoms with E-state index in [0.717, 1.165) is 19.0 Å². The number of piperidine rings is 1. The number of likely N-dealkylation sites (tertiary alicyclic amines) is 1. The minimum Gasteiger partial charge on any atom is -0.377 e. The number of nitrogens with zero attached hydrogens (tertiary/aromatic N) is 1. The first-order valence-corrected chi connectivity index (χ1v) is 6.28. The van der Waals surface area contributed by atoms with Crippen molar-refractivity contribution >= 4 is 15.9 Å². The topological polar surface area (TPSA) is 12.5 Å². The molecule has 1 fully saturated rings. The second-order valence-electron chi connectivity index (χ2n) is 4.98. The largest absolute Gasteiger partial charge is 0.377 e. The number of ether oxygens (including phenoxy) is 1. The highest BCUT2D eigenvalue weighted by atomic mass is 79.9. The molecule has 0 aromatic carbocycles. The van der Waals surface area contributed by atoms with Gasteiger partial charge < -0.3 is 4.74 Å². The van der Waals surface area contributed by atoms with Crippen molar-refractivity contribution in [3.8, 4) is 0 Å². The zero-order valence-corrected chi connectivity index (χ0v) is 11.3. The second-order valence-corrected chi connectivity index (χ2v) is 6.16. The maximum absolute atomic E-state index is 5.45. The van der Waals surface area contributed by atoms with E-state index in [9.17, 15) is 0 Å². The molecule has 0 spiro atoms. The normalized spacial score (nSPS) is 30.6. The van der Waals surface area contributed by atoms with Gasteiger partial charge in [0.2, 0.25) is 0 Å². The molecule has 0 amide bonds. The second kappa shape index (κ2) is 4.95. The van der Waals surface area contributed by atoms with Gasteiger partial charge >= 0.3 is 0 Å². The van der Waals surface area contributed by atoms with Gasteiger partial charge in [-0.15, -0.1) is 0 Å². The van der Waals surface area contributed by atoms with Crippen LogP contribution in [0.5, 0.6) is 0 Å². The summed E-state index contributed by atoms with van der Waals surface area (Å²) in [7, 11) is 1.79. The minimum absolute atomic E-state index is 0.0205. The lowest BCUT2D eigenvalue weighted by atomic mass is 9.97. The van der Waals surface area contributed by atoms with Crippen LogP contribution in [0.3, 0.4) is 0 Å². The quantitative estimate of drug-likeness (QED) is 0.726. The molecule has 0 radical (unpaired) electrons. The maximum Gasteiger partial charge on any atom is 0.0749 e. The third-order valence-corrected chi connectivity index (χ3v) is 4.30. The van der Waals surface area contributed by atoms with E-state index in [1.165, 1.54) is 13.0 Å². The molecule has 3 heteroatoms. The van der Waals surface area contributed by atoms with Crippen molar-refractivity contribution in [2.75, 3.05) is 26.7 Å². The third-order valence-electron chi connectivity index (χ3n) is 3.11. The molecule has 0 aromatic heterocycles. The first-order valence-electron chi connectivity index (χ1n) is 5.36. The van der Waals surface area contributed by atoms with E-state index in [-0.39, 0.29) is 5.60 Å². The number of hydrogen-bond donors (Lipinski definition) is 0. The Hall–Kier alpha value is 0.400. The van der Waals surface area contributed by atoms with Gasteiger partial charge in [0.25, 0.3) is 0 Å². The van der Waals surface area contributed by atoms with E-state index in [1.807, 2.05) is 0 Å². The Morgan fingerprint density at radius 3 is 2.64 bits per heavy atom. The predicted molar refractivity (Wildman–Crippen MR) is 64.0 cm³/mol. The number of hydrogen-bond acceptors (Lipinski definition) is 2. The Balaban J connectivity index is 2.40. The molecular formula is C11H22BrNO. The molecule has 2 nitrogen and oxygen atoms in total. The van der Waals surface area contributed by atoms with Gasteiger partial charge in [-0.25, -0.2) is 0 Å². The SMILES string of the molecule is COC(C)(C)CN1CCC(C)C(Br)C1. The molecule has 2 atom stereocenters. The lowest BCUT2D eigenvalue weighted by molar-refractivity contribution is -0.0131. The summed E-state index contributed by atoms with van der Waals surface area (Å²) < 4.78 is 5.45. The standard InChI is InChI=1S/C11H22BrNO/c1-9-5-6-13(7-10(9)12)8-11(2,3)14-4/h9-10H,5-8H2,1-4H3. The van der Waals surface area contributed by atoms with Crippen molar-refractivity contribution in [3.05, 3.63) is 0 Å². The van der Waals surface area contributed by atoms with Crippen LogP contribution < -0.4 is 0 Å². The average Bonchev–Trinajstić information content (AvgIpc) is 2.11. The van der Waals surface area contributed by atoms with Gasteiger partial charge in [0.15, 0.2) is 0 Å². The van der Waals surface area contributed by atoms with Gasteiger partial charge in [-0.3, -0.25) is 4.90 Å². The highest BCUT2D eigenvalue weighted by molar-refractivity contribution is 9.09. The van der Waals surface area contributed by atoms with E-state index >= 15 is 0 Å². The van der Waals surface area contributed by atoms with Crippen LogP contribution in [0.4, 0.5) is 0 Å². The van der Waals surface area contributed by atoms with Crippen LogP contribution in [0.15, 0.2) is 0 Å². The van der Waals surface area contributed by atoms with Crippen molar-refractivity contribution in [2.45, 2.75) is 37.6 Å². The molecule has 0 bridgehead atoms. The van der Waals surface area contributed by atoms with Gasteiger partial charge in [-0.2, -0.15) is 0 Å². The summed E-state index contributed by atoms with van der Waals surface area (Å²) >= 11 is 3.74. The van der Waals surface area contributed by atoms with Gasteiger partial charge in [-0.05, 0) is 32.7 Å². The fourth-order valence-electron chi connectivity index (χ4n) is 1.83. The van der Waals surface area contributed by atoms with Crippen LogP contribution in [0.2, 0.25) is 0 Å². The molecule has 1 aliphatic heterocycles. The minimum atomic E-state index is -0.0205. The summed E-state index contributed by atoms with van der Waals surface area (Å²) in [5.41, 5.74) is -0.0205. The van der Waals surface area contributed by atoms with Crippen molar-refractivity contribution < 1.29 is 4.74 Å². The summed E-state index contributed by atoms with van der Waals surface area (Å²) in [6.07, 6.45) is 1.29. The molecule has 1 saturated heterocycles. The molecule has 0 aliphatic carbocycles. The van der Waals surface area contributed by atoms with Crippen LogP contribution in [0.25, 0.3) is 0 Å². The van der Waals surface area contributed by atoms with E-state index in [4.69, 9.17) is 4.74 Å². The van der Waals surface area contributed by atoms with Crippen molar-refractivity contribution in [3.63, 3.8) is 0 Å². The summed E-state index contributed by atoms with van der Waals surface area (Å²) in [5.74, 6) is 0.803. The Morgan fingerprint density at radius 1 is 1.50 bits per heavy atom. The van der Waals surface area contributed by atoms with Gasteiger partial charge in [0.05, 0.1) is 5.60 Å². The van der Waals surface area contributed by atoms with Crippen LogP contribution in [0.1, 0.15) is 27.2 Å². The summed E-state index contributed by atoms with van der Waals surface area (Å²) in [4.78, 5) is 3.13. The van der Waals surface area contributed by atoms with Crippen molar-refractivity contribution in [2.24, 2.45) is 5.92 Å². The first-order chi connectivity index (χ1) is 6.44. The van der Waals surface area contributed by atoms with E-state index in [2.05, 4.69) is 41.6 Å². The predicted octanol–water partition coefficient (Wildman–Crippen LogP) is 2.52. The van der Waals surface area contributed by atoms with E-state index in [0.29, 0.717) is 4.83 Å². The summed E-state index contributed by atoms with van der Waals surface area (Å²) in [6.45, 7) is 9.99. The average molecular weight is 264 g/mol. The molecule has 14 heavy (non-hydrogen) atoms. The highest BCUT2D eigenvalue weighted by Gasteiger charge is 2.28. The number of methoxy groups -OCH3 is 1. The Kier molecular flexibility index (Phi) is 4.41. The fourth-order valence-corrected chi connectivity index (χ4v) is 2.51. The molecule has 0 N–H and O–H groups in total. The van der Waals surface area contributed by atoms with Gasteiger partial charge in [0.1, 0.15) is 0 Å². The van der Waals surface area contributed by atoms with Gasteiger partial charge in [0, 0.05) is 25.0 Å². The zero-order valence-electron chi connectivity index (χ0n) is 9.72. The van der Waals surface area contributed by atoms with Crippen molar-refractivity contribution in [1.82, 2.24) is 4.90 Å². The van der Waals surface area contributed by atoms with Gasteiger partial charge in [-0.1, -0.05) is 22.9 Å². The molecule has 1 rings (SSSR count). The fraction of sp³-hybridized carbons (Fsp3) is 1.00. The molecule has 0 saturated carbocycles. The molecule has 1 aliphatic rings. The Labute approximate surface area is 96.1 Å². The number of rotatable bonds is 3. The molecule has 1 heterocycles. The van der Waals surface area contributed by atoms with Crippen LogP contribution in [-0.2, 0) is 4.74 Å². The lowest BCUT2D eigenvalue weighted by Gasteiger charge is -2.38.